The van der Waals surface area contributed by atoms with Gasteiger partial charge in [0.2, 0.25) is 5.91 Å². The van der Waals surface area contributed by atoms with Gasteiger partial charge in [0.05, 0.1) is 6.42 Å². The van der Waals surface area contributed by atoms with Gasteiger partial charge in [0, 0.05) is 6.42 Å². The molecule has 0 aromatic rings. The fourth-order valence-electron chi connectivity index (χ4n) is 0.729. The Morgan fingerprint density at radius 1 is 1.64 bits per heavy atom. The van der Waals surface area contributed by atoms with Crippen molar-refractivity contribution in [2.75, 3.05) is 0 Å². The molecule has 0 bridgehead atoms. The molecule has 1 aliphatic heterocycles. The standard InChI is InChI=1S/C5H5F3NO2/c6-5(7,8)11-4-2-1-3(10)9-4/h1,4H,2H2,(H,9,10). The molecule has 0 spiro atoms. The number of halogens is 3. The lowest BCUT2D eigenvalue weighted by molar-refractivity contribution is -0.343. The number of carbonyl (C=O) groups excluding carboxylic acids is 1. The molecule has 3 nitrogen and oxygen atoms in total. The van der Waals surface area contributed by atoms with Crippen LogP contribution < -0.4 is 5.32 Å². The fraction of sp³-hybridized carbons (Fsp3) is 0.600. The van der Waals surface area contributed by atoms with Crippen molar-refractivity contribution in [3.05, 3.63) is 6.42 Å². The van der Waals surface area contributed by atoms with Gasteiger partial charge in [-0.1, -0.05) is 0 Å². The first-order chi connectivity index (χ1) is 4.97. The van der Waals surface area contributed by atoms with Crippen molar-refractivity contribution in [3.63, 3.8) is 0 Å². The van der Waals surface area contributed by atoms with Crippen LogP contribution in [0.3, 0.4) is 0 Å². The Bertz CT molecular complexity index is 168. The summed E-state index contributed by atoms with van der Waals surface area (Å²) < 4.78 is 37.8. The van der Waals surface area contributed by atoms with Gasteiger partial charge in [-0.25, -0.2) is 0 Å². The van der Waals surface area contributed by atoms with Gasteiger partial charge in [0.15, 0.2) is 0 Å². The van der Waals surface area contributed by atoms with Gasteiger partial charge in [-0.3, -0.25) is 9.53 Å². The van der Waals surface area contributed by atoms with Crippen LogP contribution in [-0.4, -0.2) is 18.5 Å². The van der Waals surface area contributed by atoms with Gasteiger partial charge in [-0.15, -0.1) is 13.2 Å². The van der Waals surface area contributed by atoms with E-state index in [0.29, 0.717) is 0 Å². The molecule has 63 valence electrons. The monoisotopic (exact) mass is 168 g/mol. The summed E-state index contributed by atoms with van der Waals surface area (Å²) in [6, 6.07) is 0. The summed E-state index contributed by atoms with van der Waals surface area (Å²) in [4.78, 5) is 10.3. The van der Waals surface area contributed by atoms with E-state index in [1.807, 2.05) is 5.32 Å². The van der Waals surface area contributed by atoms with E-state index in [1.165, 1.54) is 0 Å². The second kappa shape index (κ2) is 2.69. The lowest BCUT2D eigenvalue weighted by Crippen LogP contribution is -2.33. The third kappa shape index (κ3) is 2.75. The Morgan fingerprint density at radius 2 is 2.27 bits per heavy atom. The summed E-state index contributed by atoms with van der Waals surface area (Å²) in [5.41, 5.74) is 0. The highest BCUT2D eigenvalue weighted by Gasteiger charge is 2.36. The van der Waals surface area contributed by atoms with Crippen LogP contribution in [0.25, 0.3) is 0 Å². The van der Waals surface area contributed by atoms with E-state index >= 15 is 0 Å². The lowest BCUT2D eigenvalue weighted by atomic mass is 10.3. The Hall–Kier alpha value is -0.780. The molecule has 1 aliphatic rings. The maximum atomic E-state index is 11.4. The molecule has 1 amide bonds. The molecule has 1 atom stereocenters. The molecule has 1 saturated heterocycles. The summed E-state index contributed by atoms with van der Waals surface area (Å²) in [7, 11) is 0. The maximum absolute atomic E-state index is 11.4. The van der Waals surface area contributed by atoms with Crippen LogP contribution in [0.15, 0.2) is 0 Å². The summed E-state index contributed by atoms with van der Waals surface area (Å²) in [5, 5.41) is 1.97. The van der Waals surface area contributed by atoms with Crippen molar-refractivity contribution in [2.45, 2.75) is 19.0 Å². The molecule has 1 radical (unpaired) electrons. The Balaban J connectivity index is 2.34. The first kappa shape index (κ1) is 8.32. The Morgan fingerprint density at radius 3 is 2.64 bits per heavy atom. The summed E-state index contributed by atoms with van der Waals surface area (Å²) in [6.45, 7) is 0. The van der Waals surface area contributed by atoms with Gasteiger partial charge >= 0.3 is 6.36 Å². The predicted molar refractivity (Wildman–Crippen MR) is 28.0 cm³/mol. The number of amides is 1. The van der Waals surface area contributed by atoms with Crippen molar-refractivity contribution in [1.29, 1.82) is 0 Å². The zero-order valence-electron chi connectivity index (χ0n) is 5.31. The average Bonchev–Trinajstić information content (AvgIpc) is 2.10. The van der Waals surface area contributed by atoms with E-state index < -0.39 is 18.5 Å². The fourth-order valence-corrected chi connectivity index (χ4v) is 0.729. The summed E-state index contributed by atoms with van der Waals surface area (Å²) >= 11 is 0. The topological polar surface area (TPSA) is 38.3 Å². The molecular formula is C5H5F3NO2. The molecule has 6 heteroatoms. The zero-order valence-corrected chi connectivity index (χ0v) is 5.31. The third-order valence-electron chi connectivity index (χ3n) is 1.10. The molecule has 0 aromatic heterocycles. The van der Waals surface area contributed by atoms with Crippen LogP contribution in [0.5, 0.6) is 0 Å². The number of ether oxygens (including phenoxy) is 1. The van der Waals surface area contributed by atoms with E-state index in [4.69, 9.17) is 0 Å². The normalized spacial score (nSPS) is 25.4. The second-order valence-corrected chi connectivity index (χ2v) is 2.00. The van der Waals surface area contributed by atoms with E-state index in [2.05, 4.69) is 4.74 Å². The predicted octanol–water partition coefficient (Wildman–Crippen LogP) is 0.573. The molecule has 0 aromatic carbocycles. The molecule has 1 N–H and O–H groups in total. The number of carbonyl (C=O) groups is 1. The van der Waals surface area contributed by atoms with Gasteiger partial charge < -0.3 is 5.32 Å². The van der Waals surface area contributed by atoms with Gasteiger partial charge in [0.1, 0.15) is 6.23 Å². The van der Waals surface area contributed by atoms with Crippen molar-refractivity contribution < 1.29 is 22.7 Å². The molecule has 11 heavy (non-hydrogen) atoms. The van der Waals surface area contributed by atoms with E-state index in [9.17, 15) is 18.0 Å². The summed E-state index contributed by atoms with van der Waals surface area (Å²) in [6.07, 6.45) is -4.87. The minimum absolute atomic E-state index is 0.0433. The van der Waals surface area contributed by atoms with E-state index in [1.54, 1.807) is 0 Å². The molecule has 0 saturated carbocycles. The van der Waals surface area contributed by atoms with Crippen molar-refractivity contribution >= 4 is 5.91 Å². The van der Waals surface area contributed by atoms with Crippen molar-refractivity contribution in [1.82, 2.24) is 5.32 Å². The molecule has 1 rings (SSSR count). The van der Waals surface area contributed by atoms with Crippen LogP contribution >= 0.6 is 0 Å². The third-order valence-corrected chi connectivity index (χ3v) is 1.10. The molecule has 1 fully saturated rings. The first-order valence-electron chi connectivity index (χ1n) is 2.85. The Labute approximate surface area is 60.5 Å². The number of hydrogen-bond donors (Lipinski definition) is 1. The van der Waals surface area contributed by atoms with Gasteiger partial charge in [-0.05, 0) is 0 Å². The zero-order chi connectivity index (χ0) is 8.48. The number of hydrogen-bond acceptors (Lipinski definition) is 2. The van der Waals surface area contributed by atoms with Crippen LogP contribution in [0.4, 0.5) is 13.2 Å². The van der Waals surface area contributed by atoms with Crippen LogP contribution in [-0.2, 0) is 9.53 Å². The second-order valence-electron chi connectivity index (χ2n) is 2.00. The minimum Gasteiger partial charge on any atom is -0.330 e. The highest BCUT2D eigenvalue weighted by molar-refractivity contribution is 5.86. The van der Waals surface area contributed by atoms with E-state index in [-0.39, 0.29) is 6.42 Å². The van der Waals surface area contributed by atoms with Crippen LogP contribution in [0, 0.1) is 6.42 Å². The van der Waals surface area contributed by atoms with Gasteiger partial charge in [0.25, 0.3) is 0 Å². The van der Waals surface area contributed by atoms with Crippen molar-refractivity contribution in [2.24, 2.45) is 0 Å². The number of nitrogens with one attached hydrogen (secondary N) is 1. The minimum atomic E-state index is -4.68. The maximum Gasteiger partial charge on any atom is 0.524 e. The van der Waals surface area contributed by atoms with E-state index in [0.717, 1.165) is 6.42 Å². The van der Waals surface area contributed by atoms with Crippen molar-refractivity contribution in [3.8, 4) is 0 Å². The Kier molecular flexibility index (Phi) is 2.03. The highest BCUT2D eigenvalue weighted by Crippen LogP contribution is 2.21. The molecular weight excluding hydrogens is 163 g/mol. The molecule has 1 heterocycles. The van der Waals surface area contributed by atoms with Gasteiger partial charge in [-0.2, -0.15) is 0 Å². The summed E-state index contributed by atoms with van der Waals surface area (Å²) in [5.74, 6) is -0.528. The lowest BCUT2D eigenvalue weighted by Gasteiger charge is -2.12. The van der Waals surface area contributed by atoms with Crippen LogP contribution in [0.2, 0.25) is 0 Å². The SMILES string of the molecule is O=C1[CH]CC(OC(F)(F)F)N1. The molecule has 0 aliphatic carbocycles. The highest BCUT2D eigenvalue weighted by atomic mass is 19.4. The van der Waals surface area contributed by atoms with Crippen LogP contribution in [0.1, 0.15) is 6.42 Å². The first-order valence-corrected chi connectivity index (χ1v) is 2.85. The molecule has 1 unspecified atom stereocenters. The number of rotatable bonds is 1. The average molecular weight is 168 g/mol. The quantitative estimate of drug-likeness (QED) is 0.621. The number of alkyl halides is 3. The largest absolute Gasteiger partial charge is 0.524 e. The smallest absolute Gasteiger partial charge is 0.330 e.